The van der Waals surface area contributed by atoms with Crippen molar-refractivity contribution in [2.75, 3.05) is 0 Å². The third kappa shape index (κ3) is 2.97. The molecule has 0 radical (unpaired) electrons. The topological polar surface area (TPSA) is 0 Å². The fraction of sp³-hybridized carbons (Fsp3) is 1.00. The Balaban J connectivity index is 2.55. The molecule has 0 aliphatic heterocycles. The van der Waals surface area contributed by atoms with Crippen molar-refractivity contribution in [1.82, 2.24) is 0 Å². The van der Waals surface area contributed by atoms with Gasteiger partial charge in [-0.05, 0) is 36.5 Å². The first-order chi connectivity index (χ1) is 5.95. The first-order valence-electron chi connectivity index (χ1n) is 5.59. The second kappa shape index (κ2) is 4.33. The van der Waals surface area contributed by atoms with Crippen LogP contribution in [0.1, 0.15) is 53.4 Å². The van der Waals surface area contributed by atoms with Crippen LogP contribution in [-0.4, -0.2) is 4.83 Å². The Morgan fingerprint density at radius 1 is 1.23 bits per heavy atom. The van der Waals surface area contributed by atoms with E-state index >= 15 is 0 Å². The molecule has 0 spiro atoms. The monoisotopic (exact) mass is 246 g/mol. The second-order valence-electron chi connectivity index (χ2n) is 5.56. The van der Waals surface area contributed by atoms with Gasteiger partial charge in [0.25, 0.3) is 0 Å². The van der Waals surface area contributed by atoms with E-state index in [4.69, 9.17) is 0 Å². The molecule has 78 valence electrons. The lowest BCUT2D eigenvalue weighted by Crippen LogP contribution is -2.31. The lowest BCUT2D eigenvalue weighted by Gasteiger charge is -2.39. The minimum Gasteiger partial charge on any atom is -0.0888 e. The quantitative estimate of drug-likeness (QED) is 0.593. The molecule has 13 heavy (non-hydrogen) atoms. The molecule has 0 aromatic heterocycles. The second-order valence-corrected chi connectivity index (χ2v) is 6.74. The molecule has 1 heteroatoms. The maximum Gasteiger partial charge on any atom is 0.0174 e. The summed E-state index contributed by atoms with van der Waals surface area (Å²) in [5, 5.41) is 0. The lowest BCUT2D eigenvalue weighted by molar-refractivity contribution is 0.145. The van der Waals surface area contributed by atoms with Gasteiger partial charge in [0, 0.05) is 4.83 Å². The fourth-order valence-corrected chi connectivity index (χ4v) is 3.29. The Hall–Kier alpha value is 0.480. The molecule has 0 nitrogen and oxygen atoms in total. The molecule has 1 rings (SSSR count). The molecule has 0 aromatic carbocycles. The normalized spacial score (nSPS) is 36.2. The molecule has 0 heterocycles. The Labute approximate surface area is 91.6 Å². The third-order valence-corrected chi connectivity index (χ3v) is 4.84. The number of alkyl halides is 1. The van der Waals surface area contributed by atoms with Gasteiger partial charge in [-0.2, -0.15) is 0 Å². The zero-order valence-electron chi connectivity index (χ0n) is 9.44. The summed E-state index contributed by atoms with van der Waals surface area (Å²) in [5.74, 6) is 1.85. The molecule has 3 unspecified atom stereocenters. The van der Waals surface area contributed by atoms with Crippen molar-refractivity contribution in [3.63, 3.8) is 0 Å². The van der Waals surface area contributed by atoms with Crippen LogP contribution in [0.4, 0.5) is 0 Å². The van der Waals surface area contributed by atoms with Gasteiger partial charge in [-0.3, -0.25) is 0 Å². The molecular weight excluding hydrogens is 224 g/mol. The van der Waals surface area contributed by atoms with Crippen LogP contribution < -0.4 is 0 Å². The highest BCUT2D eigenvalue weighted by molar-refractivity contribution is 9.09. The highest BCUT2D eigenvalue weighted by atomic mass is 79.9. The average Bonchev–Trinajstić information content (AvgIpc) is 2.03. The van der Waals surface area contributed by atoms with Crippen LogP contribution in [0.3, 0.4) is 0 Å². The maximum atomic E-state index is 3.81. The molecule has 1 saturated carbocycles. The molecule has 0 N–H and O–H groups in total. The first kappa shape index (κ1) is 11.6. The molecular formula is C12H23Br. The van der Waals surface area contributed by atoms with E-state index in [0.29, 0.717) is 5.41 Å². The number of hydrogen-bond acceptors (Lipinski definition) is 0. The summed E-state index contributed by atoms with van der Waals surface area (Å²) in [6, 6.07) is 0. The van der Waals surface area contributed by atoms with Crippen molar-refractivity contribution >= 4 is 15.9 Å². The molecule has 1 aliphatic rings. The van der Waals surface area contributed by atoms with Gasteiger partial charge >= 0.3 is 0 Å². The Morgan fingerprint density at radius 2 is 1.85 bits per heavy atom. The van der Waals surface area contributed by atoms with Gasteiger partial charge in [0.05, 0.1) is 0 Å². The van der Waals surface area contributed by atoms with Crippen molar-refractivity contribution in [1.29, 1.82) is 0 Å². The molecule has 0 saturated heterocycles. The van der Waals surface area contributed by atoms with E-state index in [1.807, 2.05) is 0 Å². The molecule has 0 amide bonds. The van der Waals surface area contributed by atoms with Crippen molar-refractivity contribution in [3.8, 4) is 0 Å². The standard InChI is InChI=1S/C12H23Br/c1-5-9-8-10(12(2,3)4)6-7-11(9)13/h9-11H,5-8H2,1-4H3. The average molecular weight is 247 g/mol. The summed E-state index contributed by atoms with van der Waals surface area (Å²) < 4.78 is 0. The van der Waals surface area contributed by atoms with Crippen LogP contribution in [-0.2, 0) is 0 Å². The zero-order valence-corrected chi connectivity index (χ0v) is 11.0. The van der Waals surface area contributed by atoms with Gasteiger partial charge in [-0.25, -0.2) is 0 Å². The molecule has 3 atom stereocenters. The Morgan fingerprint density at radius 3 is 2.31 bits per heavy atom. The minimum atomic E-state index is 0.514. The van der Waals surface area contributed by atoms with Crippen LogP contribution in [0, 0.1) is 17.3 Å². The number of halogens is 1. The van der Waals surface area contributed by atoms with Crippen molar-refractivity contribution in [2.45, 2.75) is 58.2 Å². The highest BCUT2D eigenvalue weighted by Crippen LogP contribution is 2.43. The third-order valence-electron chi connectivity index (χ3n) is 3.64. The van der Waals surface area contributed by atoms with Gasteiger partial charge in [0.2, 0.25) is 0 Å². The summed E-state index contributed by atoms with van der Waals surface area (Å²) in [7, 11) is 0. The van der Waals surface area contributed by atoms with Crippen LogP contribution in [0.5, 0.6) is 0 Å². The van der Waals surface area contributed by atoms with Gasteiger partial charge < -0.3 is 0 Å². The predicted octanol–water partition coefficient (Wildman–Crippen LogP) is 4.62. The van der Waals surface area contributed by atoms with Crippen molar-refractivity contribution in [2.24, 2.45) is 17.3 Å². The van der Waals surface area contributed by atoms with Crippen molar-refractivity contribution < 1.29 is 0 Å². The summed E-state index contributed by atoms with van der Waals surface area (Å²) >= 11 is 3.81. The SMILES string of the molecule is CCC1CC(C(C)(C)C)CCC1Br. The Kier molecular flexibility index (Phi) is 3.85. The van der Waals surface area contributed by atoms with Crippen LogP contribution >= 0.6 is 15.9 Å². The van der Waals surface area contributed by atoms with Gasteiger partial charge in [-0.15, -0.1) is 0 Å². The maximum absolute atomic E-state index is 3.81. The van der Waals surface area contributed by atoms with Crippen LogP contribution in [0.25, 0.3) is 0 Å². The zero-order chi connectivity index (χ0) is 10.1. The van der Waals surface area contributed by atoms with Crippen LogP contribution in [0.15, 0.2) is 0 Å². The van der Waals surface area contributed by atoms with E-state index in [1.54, 1.807) is 0 Å². The smallest absolute Gasteiger partial charge is 0.0174 e. The minimum absolute atomic E-state index is 0.514. The van der Waals surface area contributed by atoms with Crippen LogP contribution in [0.2, 0.25) is 0 Å². The number of rotatable bonds is 1. The summed E-state index contributed by atoms with van der Waals surface area (Å²) in [4.78, 5) is 0.788. The molecule has 0 bridgehead atoms. The van der Waals surface area contributed by atoms with E-state index in [-0.39, 0.29) is 0 Å². The van der Waals surface area contributed by atoms with E-state index in [1.165, 1.54) is 25.7 Å². The molecule has 1 aliphatic carbocycles. The van der Waals surface area contributed by atoms with Gasteiger partial charge in [0.1, 0.15) is 0 Å². The van der Waals surface area contributed by atoms with E-state index in [0.717, 1.165) is 16.7 Å². The molecule has 0 aromatic rings. The Bertz CT molecular complexity index is 157. The van der Waals surface area contributed by atoms with Gasteiger partial charge in [-0.1, -0.05) is 50.0 Å². The fourth-order valence-electron chi connectivity index (χ4n) is 2.44. The molecule has 1 fully saturated rings. The highest BCUT2D eigenvalue weighted by Gasteiger charge is 2.33. The lowest BCUT2D eigenvalue weighted by atomic mass is 9.68. The number of hydrogen-bond donors (Lipinski definition) is 0. The summed E-state index contributed by atoms with van der Waals surface area (Å²) in [6.07, 6.45) is 5.55. The largest absolute Gasteiger partial charge is 0.0888 e. The first-order valence-corrected chi connectivity index (χ1v) is 6.50. The van der Waals surface area contributed by atoms with Crippen molar-refractivity contribution in [3.05, 3.63) is 0 Å². The summed E-state index contributed by atoms with van der Waals surface area (Å²) in [6.45, 7) is 9.49. The van der Waals surface area contributed by atoms with E-state index < -0.39 is 0 Å². The predicted molar refractivity (Wildman–Crippen MR) is 63.3 cm³/mol. The summed E-state index contributed by atoms with van der Waals surface area (Å²) in [5.41, 5.74) is 0.514. The van der Waals surface area contributed by atoms with Gasteiger partial charge in [0.15, 0.2) is 0 Å². The van der Waals surface area contributed by atoms with E-state index in [2.05, 4.69) is 43.6 Å². The van der Waals surface area contributed by atoms with E-state index in [9.17, 15) is 0 Å².